The predicted octanol–water partition coefficient (Wildman–Crippen LogP) is 2.42. The van der Waals surface area contributed by atoms with Gasteiger partial charge in [-0.3, -0.25) is 9.78 Å². The molecule has 1 aliphatic heterocycles. The topological polar surface area (TPSA) is 72.1 Å². The molecule has 1 amide bonds. The van der Waals surface area contributed by atoms with E-state index in [1.54, 1.807) is 12.4 Å². The van der Waals surface area contributed by atoms with Crippen LogP contribution in [-0.4, -0.2) is 32.5 Å². The average molecular weight is 298 g/mol. The van der Waals surface area contributed by atoms with Crippen molar-refractivity contribution in [1.82, 2.24) is 20.1 Å². The average Bonchev–Trinajstić information content (AvgIpc) is 3.24. The maximum absolute atomic E-state index is 12.2. The molecule has 0 N–H and O–H groups in total. The number of carbonyl (C=O) groups excluding carboxylic acids is 1. The van der Waals surface area contributed by atoms with Crippen LogP contribution in [-0.2, 0) is 11.3 Å². The highest BCUT2D eigenvalue weighted by molar-refractivity contribution is 5.79. The lowest BCUT2D eigenvalue weighted by molar-refractivity contribution is -0.128. The molecule has 1 saturated carbocycles. The number of hydrogen-bond acceptors (Lipinski definition) is 5. The van der Waals surface area contributed by atoms with Crippen LogP contribution in [0.25, 0.3) is 11.5 Å². The van der Waals surface area contributed by atoms with Gasteiger partial charge in [-0.15, -0.1) is 10.2 Å². The molecule has 2 fully saturated rings. The number of carbonyl (C=O) groups is 1. The zero-order chi connectivity index (χ0) is 15.0. The molecule has 2 aliphatic rings. The van der Waals surface area contributed by atoms with Gasteiger partial charge in [-0.05, 0) is 30.4 Å². The Balaban J connectivity index is 1.48. The summed E-state index contributed by atoms with van der Waals surface area (Å²) >= 11 is 0. The van der Waals surface area contributed by atoms with Crippen LogP contribution < -0.4 is 0 Å². The summed E-state index contributed by atoms with van der Waals surface area (Å²) < 4.78 is 5.67. The van der Waals surface area contributed by atoms with Crippen molar-refractivity contribution in [2.75, 3.05) is 6.54 Å². The van der Waals surface area contributed by atoms with Gasteiger partial charge >= 0.3 is 0 Å². The van der Waals surface area contributed by atoms with E-state index in [-0.39, 0.29) is 11.3 Å². The second-order valence-electron chi connectivity index (χ2n) is 6.38. The van der Waals surface area contributed by atoms with Crippen LogP contribution in [0.3, 0.4) is 0 Å². The normalized spacial score (nSPS) is 20.2. The van der Waals surface area contributed by atoms with Gasteiger partial charge in [0.05, 0.1) is 12.1 Å². The first-order valence-corrected chi connectivity index (χ1v) is 7.75. The molecule has 3 heterocycles. The monoisotopic (exact) mass is 298 g/mol. The van der Waals surface area contributed by atoms with Crippen molar-refractivity contribution in [2.45, 2.75) is 38.6 Å². The van der Waals surface area contributed by atoms with E-state index in [9.17, 15) is 4.79 Å². The summed E-state index contributed by atoms with van der Waals surface area (Å²) in [6.45, 7) is 1.24. The van der Waals surface area contributed by atoms with Gasteiger partial charge in [0.1, 0.15) is 0 Å². The number of likely N-dealkylation sites (tertiary alicyclic amines) is 1. The Labute approximate surface area is 128 Å². The molecule has 114 valence electrons. The van der Waals surface area contributed by atoms with Crippen molar-refractivity contribution in [3.8, 4) is 11.5 Å². The highest BCUT2D eigenvalue weighted by Gasteiger charge is 2.44. The Morgan fingerprint density at radius 2 is 2.14 bits per heavy atom. The predicted molar refractivity (Wildman–Crippen MR) is 78.5 cm³/mol. The molecule has 0 radical (unpaired) electrons. The van der Waals surface area contributed by atoms with Crippen molar-refractivity contribution in [3.63, 3.8) is 0 Å². The maximum atomic E-state index is 12.2. The Morgan fingerprint density at radius 3 is 2.91 bits per heavy atom. The summed E-state index contributed by atoms with van der Waals surface area (Å²) in [5, 5.41) is 8.12. The molecule has 4 rings (SSSR count). The van der Waals surface area contributed by atoms with Crippen molar-refractivity contribution >= 4 is 5.91 Å². The molecule has 0 bridgehead atoms. The van der Waals surface area contributed by atoms with Crippen molar-refractivity contribution < 1.29 is 9.21 Å². The molecule has 1 aliphatic carbocycles. The molecule has 6 nitrogen and oxygen atoms in total. The van der Waals surface area contributed by atoms with Gasteiger partial charge in [-0.1, -0.05) is 12.8 Å². The van der Waals surface area contributed by atoms with E-state index in [4.69, 9.17) is 4.42 Å². The van der Waals surface area contributed by atoms with Gasteiger partial charge in [0.25, 0.3) is 0 Å². The quantitative estimate of drug-likeness (QED) is 0.870. The summed E-state index contributed by atoms with van der Waals surface area (Å²) in [6, 6.07) is 3.70. The Morgan fingerprint density at radius 1 is 1.27 bits per heavy atom. The lowest BCUT2D eigenvalue weighted by Gasteiger charge is -2.21. The first kappa shape index (κ1) is 13.4. The van der Waals surface area contributed by atoms with Crippen molar-refractivity contribution in [1.29, 1.82) is 0 Å². The third-order valence-electron chi connectivity index (χ3n) is 4.77. The van der Waals surface area contributed by atoms with Crippen LogP contribution in [0, 0.1) is 5.41 Å². The van der Waals surface area contributed by atoms with Crippen LogP contribution in [0.2, 0.25) is 0 Å². The van der Waals surface area contributed by atoms with Crippen LogP contribution in [0.5, 0.6) is 0 Å². The SMILES string of the molecule is O=C1CC2(CCCC2)CN1Cc1nnc(-c2cccnc2)o1. The first-order chi connectivity index (χ1) is 10.7. The summed E-state index contributed by atoms with van der Waals surface area (Å²) in [5.74, 6) is 1.15. The fraction of sp³-hybridized carbons (Fsp3) is 0.500. The summed E-state index contributed by atoms with van der Waals surface area (Å²) in [7, 11) is 0. The molecule has 6 heteroatoms. The Hall–Kier alpha value is -2.24. The minimum atomic E-state index is 0.211. The van der Waals surface area contributed by atoms with E-state index in [1.165, 1.54) is 25.7 Å². The van der Waals surface area contributed by atoms with Crippen LogP contribution >= 0.6 is 0 Å². The molecular weight excluding hydrogens is 280 g/mol. The molecule has 2 aromatic heterocycles. The van der Waals surface area contributed by atoms with E-state index >= 15 is 0 Å². The minimum absolute atomic E-state index is 0.211. The largest absolute Gasteiger partial charge is 0.419 e. The summed E-state index contributed by atoms with van der Waals surface area (Å²) in [4.78, 5) is 18.2. The van der Waals surface area contributed by atoms with Gasteiger partial charge in [-0.25, -0.2) is 0 Å². The summed E-state index contributed by atoms with van der Waals surface area (Å²) in [6.07, 6.45) is 8.88. The van der Waals surface area contributed by atoms with Gasteiger partial charge in [-0.2, -0.15) is 0 Å². The van der Waals surface area contributed by atoms with Crippen molar-refractivity contribution in [2.24, 2.45) is 5.41 Å². The third kappa shape index (κ3) is 2.38. The van der Waals surface area contributed by atoms with Crippen LogP contribution in [0.15, 0.2) is 28.9 Å². The van der Waals surface area contributed by atoms with Gasteiger partial charge in [0.2, 0.25) is 17.7 Å². The van der Waals surface area contributed by atoms with Crippen LogP contribution in [0.4, 0.5) is 0 Å². The number of rotatable bonds is 3. The standard InChI is InChI=1S/C16H18N4O2/c21-14-8-16(5-1-2-6-16)11-20(14)10-13-18-19-15(22-13)12-4-3-7-17-9-12/h3-4,7,9H,1-2,5-6,8,10-11H2. The zero-order valence-corrected chi connectivity index (χ0v) is 12.4. The number of amides is 1. The van der Waals surface area contributed by atoms with E-state index in [0.717, 1.165) is 12.1 Å². The second kappa shape index (κ2) is 5.19. The second-order valence-corrected chi connectivity index (χ2v) is 6.38. The van der Waals surface area contributed by atoms with Gasteiger partial charge in [0.15, 0.2) is 0 Å². The molecule has 0 atom stereocenters. The number of aromatic nitrogens is 3. The van der Waals surface area contributed by atoms with Crippen molar-refractivity contribution in [3.05, 3.63) is 30.4 Å². The fourth-order valence-corrected chi connectivity index (χ4v) is 3.67. The van der Waals surface area contributed by atoms with Crippen LogP contribution in [0.1, 0.15) is 38.0 Å². The smallest absolute Gasteiger partial charge is 0.249 e. The highest BCUT2D eigenvalue weighted by Crippen LogP contribution is 2.46. The Kier molecular flexibility index (Phi) is 3.17. The van der Waals surface area contributed by atoms with E-state index < -0.39 is 0 Å². The third-order valence-corrected chi connectivity index (χ3v) is 4.77. The Bertz CT molecular complexity index is 676. The lowest BCUT2D eigenvalue weighted by Crippen LogP contribution is -2.27. The number of pyridine rings is 1. The molecule has 1 saturated heterocycles. The maximum Gasteiger partial charge on any atom is 0.249 e. The van der Waals surface area contributed by atoms with E-state index in [0.29, 0.717) is 24.7 Å². The molecule has 1 spiro atoms. The molecule has 2 aromatic rings. The highest BCUT2D eigenvalue weighted by atomic mass is 16.4. The van der Waals surface area contributed by atoms with E-state index in [1.807, 2.05) is 17.0 Å². The number of hydrogen-bond donors (Lipinski definition) is 0. The molecular formula is C16H18N4O2. The zero-order valence-electron chi connectivity index (χ0n) is 12.4. The molecule has 0 aromatic carbocycles. The van der Waals surface area contributed by atoms with E-state index in [2.05, 4.69) is 15.2 Å². The van der Waals surface area contributed by atoms with Gasteiger partial charge in [0, 0.05) is 25.4 Å². The molecule has 0 unspecified atom stereocenters. The summed E-state index contributed by atoms with van der Waals surface area (Å²) in [5.41, 5.74) is 1.00. The fourth-order valence-electron chi connectivity index (χ4n) is 3.67. The molecule has 22 heavy (non-hydrogen) atoms. The lowest BCUT2D eigenvalue weighted by atomic mass is 9.85. The van der Waals surface area contributed by atoms with Gasteiger partial charge < -0.3 is 9.32 Å². The minimum Gasteiger partial charge on any atom is -0.419 e. The number of nitrogens with zero attached hydrogens (tertiary/aromatic N) is 4. The first-order valence-electron chi connectivity index (χ1n) is 7.75.